The summed E-state index contributed by atoms with van der Waals surface area (Å²) in [6.07, 6.45) is 0.583. The van der Waals surface area contributed by atoms with Gasteiger partial charge in [-0.15, -0.1) is 0 Å². The molecule has 1 atom stereocenters. The Morgan fingerprint density at radius 1 is 1.29 bits per heavy atom. The van der Waals surface area contributed by atoms with Crippen LogP contribution in [0.5, 0.6) is 5.75 Å². The fourth-order valence-corrected chi connectivity index (χ4v) is 4.66. The molecule has 2 aromatic rings. The van der Waals surface area contributed by atoms with Gasteiger partial charge in [0, 0.05) is 17.8 Å². The van der Waals surface area contributed by atoms with Crippen molar-refractivity contribution in [1.82, 2.24) is 10.1 Å². The molecule has 2 aromatic carbocycles. The lowest BCUT2D eigenvalue weighted by atomic mass is 10.1. The first-order valence-electron chi connectivity index (χ1n) is 8.97. The Bertz CT molecular complexity index is 1030. The Morgan fingerprint density at radius 2 is 1.90 bits per heavy atom. The van der Waals surface area contributed by atoms with Crippen LogP contribution < -0.4 is 5.32 Å². The number of aromatic hydroxyl groups is 1. The van der Waals surface area contributed by atoms with Gasteiger partial charge in [-0.05, 0) is 55.8 Å². The Labute approximate surface area is 187 Å². The van der Waals surface area contributed by atoms with Crippen LogP contribution in [-0.4, -0.2) is 52.8 Å². The number of hydroxylamine groups is 2. The highest BCUT2D eigenvalue weighted by Crippen LogP contribution is 2.42. The van der Waals surface area contributed by atoms with Crippen molar-refractivity contribution in [3.8, 4) is 5.75 Å². The number of carbonyl (C=O) groups is 1. The summed E-state index contributed by atoms with van der Waals surface area (Å²) in [5, 5.41) is 39.5. The first kappa shape index (κ1) is 22.5. The van der Waals surface area contributed by atoms with E-state index in [1.165, 1.54) is 59.4 Å². The molecular formula is C19H19N5O5S2. The predicted octanol–water partition coefficient (Wildman–Crippen LogP) is 4.00. The number of hydrazone groups is 1. The summed E-state index contributed by atoms with van der Waals surface area (Å²) in [6.45, 7) is 3.63. The molecule has 162 valence electrons. The summed E-state index contributed by atoms with van der Waals surface area (Å²) in [6, 6.07) is 10.7. The molecule has 0 aromatic heterocycles. The number of urea groups is 1. The van der Waals surface area contributed by atoms with E-state index in [-0.39, 0.29) is 17.1 Å². The number of nitro groups is 1. The number of anilines is 1. The molecule has 0 spiro atoms. The van der Waals surface area contributed by atoms with Crippen LogP contribution >= 0.6 is 24.0 Å². The van der Waals surface area contributed by atoms with Gasteiger partial charge in [-0.3, -0.25) is 15.3 Å². The van der Waals surface area contributed by atoms with Crippen LogP contribution in [0.4, 0.5) is 16.2 Å². The molecule has 1 heterocycles. The number of hydrogen-bond acceptors (Lipinski definition) is 8. The van der Waals surface area contributed by atoms with E-state index in [1.54, 1.807) is 12.1 Å². The molecule has 0 aliphatic carbocycles. The lowest BCUT2D eigenvalue weighted by Gasteiger charge is -2.34. The van der Waals surface area contributed by atoms with Crippen molar-refractivity contribution in [3.63, 3.8) is 0 Å². The van der Waals surface area contributed by atoms with E-state index < -0.39 is 21.9 Å². The predicted molar refractivity (Wildman–Crippen MR) is 121 cm³/mol. The average Bonchev–Trinajstić information content (AvgIpc) is 2.94. The smallest absolute Gasteiger partial charge is 0.347 e. The summed E-state index contributed by atoms with van der Waals surface area (Å²) in [5.74, 6) is 0.118. The van der Waals surface area contributed by atoms with Crippen molar-refractivity contribution in [1.29, 1.82) is 0 Å². The van der Waals surface area contributed by atoms with E-state index in [0.717, 1.165) is 0 Å². The number of benzene rings is 2. The first-order chi connectivity index (χ1) is 14.6. The van der Waals surface area contributed by atoms with Crippen LogP contribution in [-0.2, 0) is 0 Å². The largest absolute Gasteiger partial charge is 0.508 e. The molecule has 1 aliphatic rings. The maximum atomic E-state index is 12.6. The van der Waals surface area contributed by atoms with E-state index in [4.69, 9.17) is 12.2 Å². The molecule has 12 heteroatoms. The second kappa shape index (κ2) is 8.88. The zero-order valence-electron chi connectivity index (χ0n) is 16.5. The topological polar surface area (TPSA) is 132 Å². The van der Waals surface area contributed by atoms with Crippen LogP contribution in [0.3, 0.4) is 0 Å². The summed E-state index contributed by atoms with van der Waals surface area (Å²) < 4.78 is -0.322. The van der Waals surface area contributed by atoms with Crippen LogP contribution in [0, 0.1) is 10.1 Å². The molecule has 31 heavy (non-hydrogen) atoms. The fraction of sp³-hybridized carbons (Fsp3) is 0.211. The number of nitro benzene ring substituents is 1. The quantitative estimate of drug-likeness (QED) is 0.200. The van der Waals surface area contributed by atoms with Crippen molar-refractivity contribution in [3.05, 3.63) is 64.2 Å². The Kier molecular flexibility index (Phi) is 6.43. The van der Waals surface area contributed by atoms with Crippen LogP contribution in [0.2, 0.25) is 0 Å². The Hall–Kier alpha value is -3.22. The number of rotatable bonds is 5. The van der Waals surface area contributed by atoms with Crippen LogP contribution in [0.15, 0.2) is 53.6 Å². The molecule has 0 saturated carbocycles. The third kappa shape index (κ3) is 5.10. The highest BCUT2D eigenvalue weighted by molar-refractivity contribution is 8.24. The molecule has 2 amide bonds. The normalized spacial score (nSPS) is 17.7. The zero-order chi connectivity index (χ0) is 22.8. The van der Waals surface area contributed by atoms with E-state index in [9.17, 15) is 25.2 Å². The summed E-state index contributed by atoms with van der Waals surface area (Å²) in [7, 11) is 0. The molecule has 3 rings (SSSR count). The summed E-state index contributed by atoms with van der Waals surface area (Å²) in [5.41, 5.74) is 0.848. The molecule has 3 N–H and O–H groups in total. The molecular weight excluding hydrogens is 442 g/mol. The number of phenolic OH excluding ortho intramolecular Hbond substituents is 1. The number of hydrogen-bond donors (Lipinski definition) is 3. The van der Waals surface area contributed by atoms with Crippen molar-refractivity contribution in [2.24, 2.45) is 5.10 Å². The molecule has 0 bridgehead atoms. The van der Waals surface area contributed by atoms with Crippen molar-refractivity contribution < 1.29 is 20.0 Å². The molecule has 10 nitrogen and oxygen atoms in total. The average molecular weight is 462 g/mol. The number of nitrogens with one attached hydrogen (secondary N) is 1. The number of phenols is 1. The van der Waals surface area contributed by atoms with E-state index in [0.29, 0.717) is 14.9 Å². The van der Waals surface area contributed by atoms with Crippen molar-refractivity contribution in [2.45, 2.75) is 24.8 Å². The van der Waals surface area contributed by atoms with E-state index in [1.807, 2.05) is 13.8 Å². The third-order valence-corrected chi connectivity index (χ3v) is 5.92. The number of non-ortho nitro benzene ring substituents is 1. The maximum absolute atomic E-state index is 12.6. The number of amides is 2. The Balaban J connectivity index is 1.78. The highest BCUT2D eigenvalue weighted by atomic mass is 32.2. The van der Waals surface area contributed by atoms with Crippen molar-refractivity contribution >= 4 is 51.9 Å². The van der Waals surface area contributed by atoms with Gasteiger partial charge in [-0.25, -0.2) is 9.80 Å². The van der Waals surface area contributed by atoms with Gasteiger partial charge in [-0.2, -0.15) is 10.2 Å². The second-order valence-corrected chi connectivity index (χ2v) is 9.39. The van der Waals surface area contributed by atoms with E-state index >= 15 is 0 Å². The van der Waals surface area contributed by atoms with Crippen LogP contribution in [0.1, 0.15) is 19.4 Å². The van der Waals surface area contributed by atoms with Gasteiger partial charge in [0.25, 0.3) is 5.69 Å². The van der Waals surface area contributed by atoms with Gasteiger partial charge < -0.3 is 10.4 Å². The van der Waals surface area contributed by atoms with Gasteiger partial charge in [0.15, 0.2) is 10.5 Å². The highest BCUT2D eigenvalue weighted by Gasteiger charge is 2.50. The Morgan fingerprint density at radius 3 is 2.48 bits per heavy atom. The zero-order valence-corrected chi connectivity index (χ0v) is 18.1. The lowest BCUT2D eigenvalue weighted by molar-refractivity contribution is -0.384. The van der Waals surface area contributed by atoms with Crippen molar-refractivity contribution in [2.75, 3.05) is 5.32 Å². The molecule has 1 saturated heterocycles. The van der Waals surface area contributed by atoms with E-state index in [2.05, 4.69) is 10.4 Å². The minimum Gasteiger partial charge on any atom is -0.508 e. The molecule has 0 radical (unpaired) electrons. The van der Waals surface area contributed by atoms with Crippen LogP contribution in [0.25, 0.3) is 0 Å². The standard InChI is InChI=1S/C19H19N5O5S2/c1-19(2)16(22(18(30)31-19)20-11-12-3-9-15(25)10-4-12)23(27)17(26)21-13-5-7-14(8-6-13)24(28)29/h3-11,16,25,27H,1-2H3,(H,21,26)/b20-11+. The van der Waals surface area contributed by atoms with Gasteiger partial charge >= 0.3 is 6.03 Å². The number of thioether (sulfide) groups is 1. The summed E-state index contributed by atoms with van der Waals surface area (Å²) >= 11 is 6.66. The SMILES string of the molecule is CC1(C)SC(=S)N(/N=C/c2ccc(O)cc2)C1N(O)C(=O)Nc1ccc([N+](=O)[O-])cc1. The number of carbonyl (C=O) groups excluding carboxylic acids is 1. The summed E-state index contributed by atoms with van der Waals surface area (Å²) in [4.78, 5) is 22.9. The minimum atomic E-state index is -0.920. The number of thiocarbonyl (C=S) groups is 1. The monoisotopic (exact) mass is 461 g/mol. The van der Waals surface area contributed by atoms with Gasteiger partial charge in [0.2, 0.25) is 0 Å². The van der Waals surface area contributed by atoms with Gasteiger partial charge in [-0.1, -0.05) is 24.0 Å². The lowest BCUT2D eigenvalue weighted by Crippen LogP contribution is -2.54. The molecule has 1 fully saturated rings. The minimum absolute atomic E-state index is 0.118. The first-order valence-corrected chi connectivity index (χ1v) is 10.2. The molecule has 1 aliphatic heterocycles. The molecule has 1 unspecified atom stereocenters. The maximum Gasteiger partial charge on any atom is 0.347 e. The van der Waals surface area contributed by atoms with Gasteiger partial charge in [0.05, 0.1) is 15.9 Å². The number of nitrogens with zero attached hydrogens (tertiary/aromatic N) is 4. The fourth-order valence-electron chi connectivity index (χ4n) is 2.87. The van der Waals surface area contributed by atoms with Gasteiger partial charge in [0.1, 0.15) is 5.75 Å². The second-order valence-electron chi connectivity index (χ2n) is 7.10. The third-order valence-electron chi connectivity index (χ3n) is 4.38.